The lowest BCUT2D eigenvalue weighted by Gasteiger charge is -2.33. The number of aliphatic hydroxyl groups excluding tert-OH is 1. The van der Waals surface area contributed by atoms with Gasteiger partial charge in [-0.25, -0.2) is 0 Å². The van der Waals surface area contributed by atoms with Gasteiger partial charge in [-0.1, -0.05) is 31.2 Å². The predicted molar refractivity (Wildman–Crippen MR) is 83.7 cm³/mol. The highest BCUT2D eigenvalue weighted by Gasteiger charge is 2.21. The summed E-state index contributed by atoms with van der Waals surface area (Å²) in [5.74, 6) is 0.177. The molecule has 0 saturated carbocycles. The first-order valence-corrected chi connectivity index (χ1v) is 7.91. The molecule has 1 saturated heterocycles. The van der Waals surface area contributed by atoms with Gasteiger partial charge in [0, 0.05) is 25.6 Å². The molecule has 1 amide bonds. The van der Waals surface area contributed by atoms with Crippen molar-refractivity contribution in [3.63, 3.8) is 0 Å². The van der Waals surface area contributed by atoms with E-state index in [1.807, 2.05) is 19.1 Å². The number of nitrogens with one attached hydrogen (secondary N) is 1. The molecule has 1 atom stereocenters. The van der Waals surface area contributed by atoms with Crippen LogP contribution in [0.25, 0.3) is 0 Å². The molecule has 1 aromatic carbocycles. The zero-order valence-electron chi connectivity index (χ0n) is 12.8. The van der Waals surface area contributed by atoms with Gasteiger partial charge in [-0.15, -0.1) is 0 Å². The highest BCUT2D eigenvalue weighted by Crippen LogP contribution is 2.14. The second kappa shape index (κ2) is 8.15. The van der Waals surface area contributed by atoms with Crippen molar-refractivity contribution in [2.24, 2.45) is 0 Å². The summed E-state index contributed by atoms with van der Waals surface area (Å²) in [6, 6.07) is 8.38. The number of carbonyl (C=O) groups excluding carboxylic acids is 1. The molecule has 2 rings (SSSR count). The van der Waals surface area contributed by atoms with Gasteiger partial charge in [0.05, 0.1) is 6.61 Å². The molecule has 116 valence electrons. The molecule has 1 aliphatic rings. The molecule has 4 nitrogen and oxygen atoms in total. The first-order chi connectivity index (χ1) is 10.2. The van der Waals surface area contributed by atoms with Crippen LogP contribution in [0.1, 0.15) is 43.7 Å². The highest BCUT2D eigenvalue weighted by molar-refractivity contribution is 5.76. The fourth-order valence-corrected chi connectivity index (χ4v) is 2.85. The van der Waals surface area contributed by atoms with Crippen LogP contribution in [0.15, 0.2) is 24.3 Å². The number of benzene rings is 1. The van der Waals surface area contributed by atoms with Crippen LogP contribution in [-0.2, 0) is 17.9 Å². The summed E-state index contributed by atoms with van der Waals surface area (Å²) in [6.07, 6.45) is 3.74. The van der Waals surface area contributed by atoms with E-state index in [1.165, 1.54) is 5.56 Å². The lowest BCUT2D eigenvalue weighted by Crippen LogP contribution is -2.47. The van der Waals surface area contributed by atoms with Crippen LogP contribution in [0, 0.1) is 0 Å². The van der Waals surface area contributed by atoms with E-state index in [0.717, 1.165) is 44.5 Å². The average Bonchev–Trinajstić information content (AvgIpc) is 2.48. The van der Waals surface area contributed by atoms with Gasteiger partial charge in [-0.2, -0.15) is 0 Å². The first kappa shape index (κ1) is 16.0. The highest BCUT2D eigenvalue weighted by atomic mass is 16.3. The number of carbonyl (C=O) groups is 1. The third-order valence-corrected chi connectivity index (χ3v) is 3.96. The van der Waals surface area contributed by atoms with E-state index in [0.29, 0.717) is 6.42 Å². The molecule has 2 N–H and O–H groups in total. The Morgan fingerprint density at radius 1 is 1.33 bits per heavy atom. The van der Waals surface area contributed by atoms with E-state index >= 15 is 0 Å². The summed E-state index contributed by atoms with van der Waals surface area (Å²) >= 11 is 0. The SMILES string of the molecule is CCCC(=O)NC1CCCN(Cc2ccc(CO)cc2)C1. The quantitative estimate of drug-likeness (QED) is 0.843. The van der Waals surface area contributed by atoms with Crippen LogP contribution in [0.3, 0.4) is 0 Å². The van der Waals surface area contributed by atoms with Crippen molar-refractivity contribution in [2.45, 2.75) is 51.8 Å². The average molecular weight is 290 g/mol. The van der Waals surface area contributed by atoms with Crippen LogP contribution in [0.2, 0.25) is 0 Å². The van der Waals surface area contributed by atoms with Crippen molar-refractivity contribution < 1.29 is 9.90 Å². The molecule has 0 aliphatic carbocycles. The predicted octanol–water partition coefficient (Wildman–Crippen LogP) is 2.06. The van der Waals surface area contributed by atoms with Gasteiger partial charge in [0.15, 0.2) is 0 Å². The van der Waals surface area contributed by atoms with Crippen molar-refractivity contribution in [1.29, 1.82) is 0 Å². The van der Waals surface area contributed by atoms with Crippen LogP contribution in [-0.4, -0.2) is 35.0 Å². The Bertz CT molecular complexity index is 445. The Morgan fingerprint density at radius 2 is 2.05 bits per heavy atom. The Labute approximate surface area is 127 Å². The van der Waals surface area contributed by atoms with E-state index in [-0.39, 0.29) is 18.6 Å². The Hall–Kier alpha value is -1.39. The number of hydrogen-bond donors (Lipinski definition) is 2. The fourth-order valence-electron chi connectivity index (χ4n) is 2.85. The van der Waals surface area contributed by atoms with Crippen molar-refractivity contribution in [3.05, 3.63) is 35.4 Å². The summed E-state index contributed by atoms with van der Waals surface area (Å²) in [5.41, 5.74) is 2.20. The third kappa shape index (κ3) is 5.14. The van der Waals surface area contributed by atoms with Crippen molar-refractivity contribution >= 4 is 5.91 Å². The summed E-state index contributed by atoms with van der Waals surface area (Å²) in [5, 5.41) is 12.2. The summed E-state index contributed by atoms with van der Waals surface area (Å²) in [6.45, 7) is 5.04. The van der Waals surface area contributed by atoms with E-state index in [1.54, 1.807) is 0 Å². The van der Waals surface area contributed by atoms with Gasteiger partial charge >= 0.3 is 0 Å². The molecule has 1 unspecified atom stereocenters. The maximum Gasteiger partial charge on any atom is 0.220 e. The number of aliphatic hydroxyl groups is 1. The number of amides is 1. The number of piperidine rings is 1. The summed E-state index contributed by atoms with van der Waals surface area (Å²) in [7, 11) is 0. The minimum atomic E-state index is 0.0928. The Kier molecular flexibility index (Phi) is 6.21. The van der Waals surface area contributed by atoms with Crippen LogP contribution in [0.5, 0.6) is 0 Å². The van der Waals surface area contributed by atoms with Crippen molar-refractivity contribution in [3.8, 4) is 0 Å². The molecule has 0 spiro atoms. The Morgan fingerprint density at radius 3 is 2.71 bits per heavy atom. The normalized spacial score (nSPS) is 19.4. The van der Waals surface area contributed by atoms with E-state index < -0.39 is 0 Å². The van der Waals surface area contributed by atoms with Crippen LogP contribution in [0.4, 0.5) is 0 Å². The van der Waals surface area contributed by atoms with Gasteiger partial charge in [0.1, 0.15) is 0 Å². The monoisotopic (exact) mass is 290 g/mol. The molecule has 4 heteroatoms. The molecule has 1 heterocycles. The molecule has 1 aliphatic heterocycles. The fraction of sp³-hybridized carbons (Fsp3) is 0.588. The van der Waals surface area contributed by atoms with Gasteiger partial charge in [-0.3, -0.25) is 9.69 Å². The standard InChI is InChI=1S/C17H26N2O2/c1-2-4-17(21)18-16-5-3-10-19(12-16)11-14-6-8-15(13-20)9-7-14/h6-9,16,20H,2-5,10-13H2,1H3,(H,18,21). The van der Waals surface area contributed by atoms with Crippen molar-refractivity contribution in [1.82, 2.24) is 10.2 Å². The second-order valence-corrected chi connectivity index (χ2v) is 5.87. The van der Waals surface area contributed by atoms with E-state index in [9.17, 15) is 4.79 Å². The Balaban J connectivity index is 1.84. The van der Waals surface area contributed by atoms with Gasteiger partial charge in [0.25, 0.3) is 0 Å². The van der Waals surface area contributed by atoms with Crippen molar-refractivity contribution in [2.75, 3.05) is 13.1 Å². The van der Waals surface area contributed by atoms with Crippen LogP contribution >= 0.6 is 0 Å². The maximum absolute atomic E-state index is 11.7. The minimum Gasteiger partial charge on any atom is -0.392 e. The molecule has 1 fully saturated rings. The zero-order valence-corrected chi connectivity index (χ0v) is 12.8. The lowest BCUT2D eigenvalue weighted by molar-refractivity contribution is -0.122. The number of rotatable bonds is 6. The lowest BCUT2D eigenvalue weighted by atomic mass is 10.0. The molecular weight excluding hydrogens is 264 g/mol. The number of likely N-dealkylation sites (tertiary alicyclic amines) is 1. The smallest absolute Gasteiger partial charge is 0.220 e. The summed E-state index contributed by atoms with van der Waals surface area (Å²) in [4.78, 5) is 14.1. The number of hydrogen-bond acceptors (Lipinski definition) is 3. The van der Waals surface area contributed by atoms with Gasteiger partial charge in [-0.05, 0) is 36.9 Å². The van der Waals surface area contributed by atoms with E-state index in [4.69, 9.17) is 5.11 Å². The molecular formula is C17H26N2O2. The molecule has 21 heavy (non-hydrogen) atoms. The zero-order chi connectivity index (χ0) is 15.1. The molecule has 0 aromatic heterocycles. The van der Waals surface area contributed by atoms with Crippen LogP contribution < -0.4 is 5.32 Å². The topological polar surface area (TPSA) is 52.6 Å². The van der Waals surface area contributed by atoms with Gasteiger partial charge in [0.2, 0.25) is 5.91 Å². The molecule has 0 radical (unpaired) electrons. The second-order valence-electron chi connectivity index (χ2n) is 5.87. The number of nitrogens with zero attached hydrogens (tertiary/aromatic N) is 1. The first-order valence-electron chi connectivity index (χ1n) is 7.91. The minimum absolute atomic E-state index is 0.0928. The summed E-state index contributed by atoms with van der Waals surface area (Å²) < 4.78 is 0. The maximum atomic E-state index is 11.7. The molecule has 0 bridgehead atoms. The largest absolute Gasteiger partial charge is 0.392 e. The van der Waals surface area contributed by atoms with Gasteiger partial charge < -0.3 is 10.4 Å². The third-order valence-electron chi connectivity index (χ3n) is 3.96. The molecule has 1 aromatic rings. The van der Waals surface area contributed by atoms with E-state index in [2.05, 4.69) is 22.3 Å².